The lowest BCUT2D eigenvalue weighted by Gasteiger charge is -2.14. The molecule has 2 amide bonds. The number of hydrogen-bond acceptors (Lipinski definition) is 6. The van der Waals surface area contributed by atoms with Crippen LogP contribution in [0.1, 0.15) is 29.8 Å². The molecular formula is C22H26N2O6. The SMILES string of the molecule is CCOc1ccccc1C(=O)NCC(=O)O[C@H](C)C(=O)NCc1ccc(OC)cc1. The average molecular weight is 414 g/mol. The first-order valence-electron chi connectivity index (χ1n) is 9.54. The van der Waals surface area contributed by atoms with E-state index in [0.29, 0.717) is 17.9 Å². The van der Waals surface area contributed by atoms with E-state index in [-0.39, 0.29) is 13.1 Å². The quantitative estimate of drug-likeness (QED) is 0.577. The van der Waals surface area contributed by atoms with Crippen molar-refractivity contribution in [2.45, 2.75) is 26.5 Å². The van der Waals surface area contributed by atoms with Gasteiger partial charge in [0.25, 0.3) is 11.8 Å². The third kappa shape index (κ3) is 6.80. The molecule has 0 saturated carbocycles. The smallest absolute Gasteiger partial charge is 0.326 e. The average Bonchev–Trinajstić information content (AvgIpc) is 2.76. The van der Waals surface area contributed by atoms with E-state index >= 15 is 0 Å². The molecule has 0 fully saturated rings. The fourth-order valence-electron chi connectivity index (χ4n) is 2.55. The molecule has 0 saturated heterocycles. The van der Waals surface area contributed by atoms with E-state index < -0.39 is 23.9 Å². The van der Waals surface area contributed by atoms with Crippen molar-refractivity contribution in [3.63, 3.8) is 0 Å². The van der Waals surface area contributed by atoms with Gasteiger partial charge in [-0.2, -0.15) is 0 Å². The molecule has 0 aromatic heterocycles. The third-order valence-electron chi connectivity index (χ3n) is 4.13. The molecule has 1 atom stereocenters. The summed E-state index contributed by atoms with van der Waals surface area (Å²) in [5, 5.41) is 5.17. The zero-order chi connectivity index (χ0) is 21.9. The predicted molar refractivity (Wildman–Crippen MR) is 110 cm³/mol. The number of carbonyl (C=O) groups excluding carboxylic acids is 3. The molecule has 0 unspecified atom stereocenters. The molecule has 0 radical (unpaired) electrons. The van der Waals surface area contributed by atoms with Crippen molar-refractivity contribution in [1.29, 1.82) is 0 Å². The van der Waals surface area contributed by atoms with Crippen LogP contribution in [0.4, 0.5) is 0 Å². The van der Waals surface area contributed by atoms with Crippen molar-refractivity contribution >= 4 is 17.8 Å². The standard InChI is InChI=1S/C22H26N2O6/c1-4-29-19-8-6-5-7-18(19)22(27)24-14-20(25)30-15(2)21(26)23-13-16-9-11-17(28-3)12-10-16/h5-12,15H,4,13-14H2,1-3H3,(H,23,26)(H,24,27)/t15-/m1/s1. The first-order chi connectivity index (χ1) is 14.4. The third-order valence-corrected chi connectivity index (χ3v) is 4.13. The van der Waals surface area contributed by atoms with Gasteiger partial charge in [-0.3, -0.25) is 14.4 Å². The zero-order valence-electron chi connectivity index (χ0n) is 17.3. The van der Waals surface area contributed by atoms with Crippen molar-refractivity contribution in [1.82, 2.24) is 10.6 Å². The van der Waals surface area contributed by atoms with Gasteiger partial charge in [0.15, 0.2) is 6.10 Å². The van der Waals surface area contributed by atoms with Crippen LogP contribution in [0.3, 0.4) is 0 Å². The number of nitrogens with one attached hydrogen (secondary N) is 2. The van der Waals surface area contributed by atoms with Crippen LogP contribution in [-0.2, 0) is 20.9 Å². The van der Waals surface area contributed by atoms with Crippen LogP contribution in [0, 0.1) is 0 Å². The van der Waals surface area contributed by atoms with Crippen LogP contribution in [0.15, 0.2) is 48.5 Å². The Hall–Kier alpha value is -3.55. The maximum Gasteiger partial charge on any atom is 0.326 e. The Balaban J connectivity index is 1.78. The number of methoxy groups -OCH3 is 1. The van der Waals surface area contributed by atoms with Gasteiger partial charge in [-0.1, -0.05) is 24.3 Å². The first kappa shape index (κ1) is 22.7. The van der Waals surface area contributed by atoms with Gasteiger partial charge in [0.2, 0.25) is 0 Å². The molecule has 0 bridgehead atoms. The molecule has 0 heterocycles. The monoisotopic (exact) mass is 414 g/mol. The van der Waals surface area contributed by atoms with Crippen molar-refractivity contribution in [2.75, 3.05) is 20.3 Å². The van der Waals surface area contributed by atoms with Gasteiger partial charge in [0, 0.05) is 6.54 Å². The molecule has 2 rings (SSSR count). The molecule has 0 aliphatic carbocycles. The molecule has 2 N–H and O–H groups in total. The van der Waals surface area contributed by atoms with Crippen molar-refractivity contribution < 1.29 is 28.6 Å². The lowest BCUT2D eigenvalue weighted by atomic mass is 10.2. The minimum Gasteiger partial charge on any atom is -0.497 e. The van der Waals surface area contributed by atoms with Crippen LogP contribution in [0.25, 0.3) is 0 Å². The van der Waals surface area contributed by atoms with Gasteiger partial charge in [0.05, 0.1) is 19.3 Å². The normalized spacial score (nSPS) is 11.2. The minimum atomic E-state index is -0.997. The van der Waals surface area contributed by atoms with Crippen LogP contribution in [0.2, 0.25) is 0 Å². The van der Waals surface area contributed by atoms with Gasteiger partial charge in [-0.05, 0) is 43.7 Å². The van der Waals surface area contributed by atoms with Crippen LogP contribution >= 0.6 is 0 Å². The number of rotatable bonds is 10. The molecule has 8 nitrogen and oxygen atoms in total. The molecule has 2 aromatic rings. The molecule has 8 heteroatoms. The largest absolute Gasteiger partial charge is 0.497 e. The van der Waals surface area contributed by atoms with Crippen molar-refractivity contribution in [2.24, 2.45) is 0 Å². The van der Waals surface area contributed by atoms with E-state index in [1.807, 2.05) is 19.1 Å². The molecule has 0 aliphatic rings. The van der Waals surface area contributed by atoms with Crippen molar-refractivity contribution in [3.05, 3.63) is 59.7 Å². The Kier molecular flexibility index (Phi) is 8.68. The molecular weight excluding hydrogens is 388 g/mol. The maximum absolute atomic E-state index is 12.3. The predicted octanol–water partition coefficient (Wildman–Crippen LogP) is 2.07. The lowest BCUT2D eigenvalue weighted by Crippen LogP contribution is -2.38. The van der Waals surface area contributed by atoms with Crippen LogP contribution < -0.4 is 20.1 Å². The van der Waals surface area contributed by atoms with Gasteiger partial charge in [-0.25, -0.2) is 0 Å². The number of benzene rings is 2. The Morgan fingerprint density at radius 2 is 1.70 bits per heavy atom. The summed E-state index contributed by atoms with van der Waals surface area (Å²) >= 11 is 0. The Morgan fingerprint density at radius 1 is 1.00 bits per heavy atom. The number of esters is 1. The molecule has 160 valence electrons. The summed E-state index contributed by atoms with van der Waals surface area (Å²) < 4.78 is 15.6. The van der Waals surface area contributed by atoms with Crippen LogP contribution in [-0.4, -0.2) is 44.1 Å². The number of hydrogen-bond donors (Lipinski definition) is 2. The van der Waals surface area contributed by atoms with E-state index in [0.717, 1.165) is 11.3 Å². The Morgan fingerprint density at radius 3 is 2.37 bits per heavy atom. The molecule has 2 aromatic carbocycles. The van der Waals surface area contributed by atoms with E-state index in [2.05, 4.69) is 10.6 Å². The molecule has 0 aliphatic heterocycles. The van der Waals surface area contributed by atoms with E-state index in [4.69, 9.17) is 14.2 Å². The highest BCUT2D eigenvalue weighted by molar-refractivity contribution is 5.98. The number of amides is 2. The highest BCUT2D eigenvalue weighted by atomic mass is 16.5. The fourth-order valence-corrected chi connectivity index (χ4v) is 2.55. The summed E-state index contributed by atoms with van der Waals surface area (Å²) in [4.78, 5) is 36.4. The van der Waals surface area contributed by atoms with E-state index in [1.54, 1.807) is 43.5 Å². The molecule has 30 heavy (non-hydrogen) atoms. The first-order valence-corrected chi connectivity index (χ1v) is 9.54. The second kappa shape index (κ2) is 11.5. The van der Waals surface area contributed by atoms with Crippen molar-refractivity contribution in [3.8, 4) is 11.5 Å². The minimum absolute atomic E-state index is 0.287. The highest BCUT2D eigenvalue weighted by Crippen LogP contribution is 2.17. The summed E-state index contributed by atoms with van der Waals surface area (Å²) in [6, 6.07) is 13.9. The number of carbonyl (C=O) groups is 3. The summed E-state index contributed by atoms with van der Waals surface area (Å²) in [5.74, 6) is -0.473. The second-order valence-electron chi connectivity index (χ2n) is 6.31. The molecule has 0 spiro atoms. The Bertz CT molecular complexity index is 866. The number of ether oxygens (including phenoxy) is 3. The second-order valence-corrected chi connectivity index (χ2v) is 6.31. The fraction of sp³-hybridized carbons (Fsp3) is 0.318. The maximum atomic E-state index is 12.3. The summed E-state index contributed by atoms with van der Waals surface area (Å²) in [5.41, 5.74) is 1.19. The van der Waals surface area contributed by atoms with E-state index in [1.165, 1.54) is 6.92 Å². The van der Waals surface area contributed by atoms with Gasteiger partial charge in [0.1, 0.15) is 18.0 Å². The Labute approximate surface area is 175 Å². The van der Waals surface area contributed by atoms with Gasteiger partial charge in [-0.15, -0.1) is 0 Å². The summed E-state index contributed by atoms with van der Waals surface area (Å²) in [6.45, 7) is 3.61. The van der Waals surface area contributed by atoms with Gasteiger partial charge >= 0.3 is 5.97 Å². The lowest BCUT2D eigenvalue weighted by molar-refractivity contribution is -0.153. The summed E-state index contributed by atoms with van der Waals surface area (Å²) in [6.07, 6.45) is -0.997. The van der Waals surface area contributed by atoms with E-state index in [9.17, 15) is 14.4 Å². The summed E-state index contributed by atoms with van der Waals surface area (Å²) in [7, 11) is 1.58. The highest BCUT2D eigenvalue weighted by Gasteiger charge is 2.19. The zero-order valence-corrected chi connectivity index (χ0v) is 17.3. The topological polar surface area (TPSA) is 103 Å². The van der Waals surface area contributed by atoms with Crippen LogP contribution in [0.5, 0.6) is 11.5 Å². The number of para-hydroxylation sites is 1. The van der Waals surface area contributed by atoms with Gasteiger partial charge < -0.3 is 24.8 Å².